The summed E-state index contributed by atoms with van der Waals surface area (Å²) < 4.78 is 0. The van der Waals surface area contributed by atoms with Crippen molar-refractivity contribution in [3.05, 3.63) is 0 Å². The molecule has 0 fully saturated rings. The molecule has 0 spiro atoms. The first-order chi connectivity index (χ1) is 7.04. The Hall–Kier alpha value is -0.660. The molecule has 0 rings (SSSR count). The highest BCUT2D eigenvalue weighted by molar-refractivity contribution is 6.37. The Balaban J connectivity index is 4.36. The third kappa shape index (κ3) is 5.10. The molecule has 0 aliphatic carbocycles. The van der Waals surface area contributed by atoms with E-state index in [2.05, 4.69) is 20.8 Å². The molecule has 0 bridgehead atoms. The van der Waals surface area contributed by atoms with Crippen LogP contribution in [-0.2, 0) is 9.59 Å². The second kappa shape index (κ2) is 7.61. The lowest BCUT2D eigenvalue weighted by molar-refractivity contribution is -0.139. The molecule has 2 unspecified atom stereocenters. The van der Waals surface area contributed by atoms with Gasteiger partial charge in [-0.1, -0.05) is 46.5 Å². The van der Waals surface area contributed by atoms with Gasteiger partial charge in [-0.05, 0) is 12.3 Å². The van der Waals surface area contributed by atoms with Crippen molar-refractivity contribution in [1.29, 1.82) is 0 Å². The van der Waals surface area contributed by atoms with Crippen molar-refractivity contribution in [2.24, 2.45) is 11.8 Å². The number of hydrogen-bond acceptors (Lipinski definition) is 2. The van der Waals surface area contributed by atoms with Gasteiger partial charge in [-0.15, -0.1) is 0 Å². The standard InChI is InChI=1S/C13H24O2/c1-5-7-9-10(3)12(8-6-2)13(15)11(4)14/h10,12H,5-9H2,1-4H3. The van der Waals surface area contributed by atoms with E-state index in [0.29, 0.717) is 5.92 Å². The van der Waals surface area contributed by atoms with Crippen LogP contribution in [0.15, 0.2) is 0 Å². The van der Waals surface area contributed by atoms with E-state index in [0.717, 1.165) is 32.1 Å². The highest BCUT2D eigenvalue weighted by atomic mass is 16.2. The molecule has 0 saturated carbocycles. The van der Waals surface area contributed by atoms with Crippen molar-refractivity contribution in [1.82, 2.24) is 0 Å². The molecule has 0 aliphatic heterocycles. The van der Waals surface area contributed by atoms with Crippen LogP contribution >= 0.6 is 0 Å². The van der Waals surface area contributed by atoms with Crippen LogP contribution in [0.25, 0.3) is 0 Å². The van der Waals surface area contributed by atoms with Crippen LogP contribution in [-0.4, -0.2) is 11.6 Å². The van der Waals surface area contributed by atoms with Crippen LogP contribution < -0.4 is 0 Å². The Kier molecular flexibility index (Phi) is 7.27. The predicted octanol–water partition coefficient (Wildman–Crippen LogP) is 3.39. The summed E-state index contributed by atoms with van der Waals surface area (Å²) in [5.41, 5.74) is 0. The zero-order valence-corrected chi connectivity index (χ0v) is 10.5. The van der Waals surface area contributed by atoms with Crippen LogP contribution in [0.3, 0.4) is 0 Å². The molecule has 2 heteroatoms. The fraction of sp³-hybridized carbons (Fsp3) is 0.846. The lowest BCUT2D eigenvalue weighted by Gasteiger charge is -2.21. The summed E-state index contributed by atoms with van der Waals surface area (Å²) in [5, 5.41) is 0. The van der Waals surface area contributed by atoms with Crippen molar-refractivity contribution in [3.8, 4) is 0 Å². The fourth-order valence-corrected chi connectivity index (χ4v) is 1.97. The average molecular weight is 212 g/mol. The normalized spacial score (nSPS) is 14.7. The van der Waals surface area contributed by atoms with Crippen LogP contribution in [0.4, 0.5) is 0 Å². The van der Waals surface area contributed by atoms with Crippen molar-refractivity contribution in [2.75, 3.05) is 0 Å². The number of carbonyl (C=O) groups is 2. The number of hydrogen-bond donors (Lipinski definition) is 0. The minimum atomic E-state index is -0.281. The van der Waals surface area contributed by atoms with E-state index in [-0.39, 0.29) is 17.5 Å². The Morgan fingerprint density at radius 1 is 1.07 bits per heavy atom. The van der Waals surface area contributed by atoms with E-state index < -0.39 is 0 Å². The maximum absolute atomic E-state index is 11.7. The number of rotatable bonds is 8. The van der Waals surface area contributed by atoms with Gasteiger partial charge in [0.1, 0.15) is 0 Å². The van der Waals surface area contributed by atoms with Gasteiger partial charge in [0.2, 0.25) is 5.78 Å². The van der Waals surface area contributed by atoms with Gasteiger partial charge in [0.15, 0.2) is 5.78 Å². The third-order valence-electron chi connectivity index (χ3n) is 2.98. The second-order valence-corrected chi connectivity index (χ2v) is 4.44. The first-order valence-corrected chi connectivity index (χ1v) is 6.09. The molecule has 0 heterocycles. The van der Waals surface area contributed by atoms with Crippen LogP contribution in [0.5, 0.6) is 0 Å². The summed E-state index contributed by atoms with van der Waals surface area (Å²) >= 11 is 0. The molecule has 0 aromatic rings. The van der Waals surface area contributed by atoms with Crippen molar-refractivity contribution in [2.45, 2.75) is 59.8 Å². The van der Waals surface area contributed by atoms with Gasteiger partial charge in [0, 0.05) is 12.8 Å². The summed E-state index contributed by atoms with van der Waals surface area (Å²) in [6.45, 7) is 7.69. The topological polar surface area (TPSA) is 34.1 Å². The Morgan fingerprint density at radius 2 is 1.67 bits per heavy atom. The molecule has 0 aromatic carbocycles. The largest absolute Gasteiger partial charge is 0.291 e. The molecule has 0 aromatic heterocycles. The number of Topliss-reactive ketones (excluding diaryl/α,β-unsaturated/α-hetero) is 2. The highest BCUT2D eigenvalue weighted by Gasteiger charge is 2.26. The first-order valence-electron chi connectivity index (χ1n) is 6.09. The Bertz CT molecular complexity index is 209. The minimum absolute atomic E-state index is 0.0425. The quantitative estimate of drug-likeness (QED) is 0.578. The molecular weight excluding hydrogens is 188 g/mol. The van der Waals surface area contributed by atoms with Gasteiger partial charge < -0.3 is 0 Å². The van der Waals surface area contributed by atoms with E-state index >= 15 is 0 Å². The van der Waals surface area contributed by atoms with Gasteiger partial charge in [-0.25, -0.2) is 0 Å². The van der Waals surface area contributed by atoms with Gasteiger partial charge in [-0.2, -0.15) is 0 Å². The van der Waals surface area contributed by atoms with Crippen LogP contribution in [0.1, 0.15) is 59.8 Å². The maximum Gasteiger partial charge on any atom is 0.201 e. The van der Waals surface area contributed by atoms with E-state index in [1.165, 1.54) is 6.92 Å². The molecule has 15 heavy (non-hydrogen) atoms. The summed E-state index contributed by atoms with van der Waals surface area (Å²) in [6, 6.07) is 0. The molecule has 2 atom stereocenters. The molecular formula is C13H24O2. The zero-order chi connectivity index (χ0) is 11.8. The minimum Gasteiger partial charge on any atom is -0.291 e. The highest BCUT2D eigenvalue weighted by Crippen LogP contribution is 2.23. The SMILES string of the molecule is CCCCC(C)C(CCC)C(=O)C(C)=O. The van der Waals surface area contributed by atoms with Crippen LogP contribution in [0, 0.1) is 11.8 Å². The van der Waals surface area contributed by atoms with E-state index in [9.17, 15) is 9.59 Å². The fourth-order valence-electron chi connectivity index (χ4n) is 1.97. The van der Waals surface area contributed by atoms with E-state index in [4.69, 9.17) is 0 Å². The molecule has 0 N–H and O–H groups in total. The maximum atomic E-state index is 11.7. The molecule has 88 valence electrons. The smallest absolute Gasteiger partial charge is 0.201 e. The zero-order valence-electron chi connectivity index (χ0n) is 10.5. The van der Waals surface area contributed by atoms with Gasteiger partial charge >= 0.3 is 0 Å². The number of carbonyl (C=O) groups excluding carboxylic acids is 2. The first kappa shape index (κ1) is 14.3. The Labute approximate surface area is 93.4 Å². The summed E-state index contributed by atoms with van der Waals surface area (Å²) in [6.07, 6.45) is 5.17. The second-order valence-electron chi connectivity index (χ2n) is 4.44. The van der Waals surface area contributed by atoms with Gasteiger partial charge in [0.25, 0.3) is 0 Å². The van der Waals surface area contributed by atoms with Crippen molar-refractivity contribution in [3.63, 3.8) is 0 Å². The monoisotopic (exact) mass is 212 g/mol. The molecule has 0 saturated heterocycles. The summed E-state index contributed by atoms with van der Waals surface area (Å²) in [4.78, 5) is 22.8. The number of unbranched alkanes of at least 4 members (excludes halogenated alkanes) is 1. The Morgan fingerprint density at radius 3 is 2.07 bits per heavy atom. The predicted molar refractivity (Wildman–Crippen MR) is 62.8 cm³/mol. The third-order valence-corrected chi connectivity index (χ3v) is 2.98. The average Bonchev–Trinajstić information content (AvgIpc) is 2.21. The molecule has 0 radical (unpaired) electrons. The lowest BCUT2D eigenvalue weighted by Crippen LogP contribution is -2.27. The molecule has 0 amide bonds. The molecule has 0 aliphatic rings. The number of ketones is 2. The van der Waals surface area contributed by atoms with E-state index in [1.54, 1.807) is 0 Å². The van der Waals surface area contributed by atoms with E-state index in [1.807, 2.05) is 0 Å². The summed E-state index contributed by atoms with van der Waals surface area (Å²) in [7, 11) is 0. The van der Waals surface area contributed by atoms with Crippen molar-refractivity contribution < 1.29 is 9.59 Å². The lowest BCUT2D eigenvalue weighted by atomic mass is 9.82. The molecule has 2 nitrogen and oxygen atoms in total. The van der Waals surface area contributed by atoms with Crippen molar-refractivity contribution >= 4 is 11.6 Å². The van der Waals surface area contributed by atoms with Crippen LogP contribution in [0.2, 0.25) is 0 Å². The van der Waals surface area contributed by atoms with Gasteiger partial charge in [0.05, 0.1) is 0 Å². The summed E-state index contributed by atoms with van der Waals surface area (Å²) in [5.74, 6) is -0.141. The van der Waals surface area contributed by atoms with Gasteiger partial charge in [-0.3, -0.25) is 9.59 Å².